The Morgan fingerprint density at radius 2 is 1.85 bits per heavy atom. The number of ether oxygens (including phenoxy) is 2. The molecule has 0 spiro atoms. The lowest BCUT2D eigenvalue weighted by molar-refractivity contribution is -0.139. The maximum Gasteiger partial charge on any atom is 0.338 e. The van der Waals surface area contributed by atoms with E-state index in [1.165, 1.54) is 5.56 Å². The lowest BCUT2D eigenvalue weighted by Gasteiger charge is -2.35. The standard InChI is InChI=1S/C27H33N3O4/c1-3-34-26(31)24-23(28-27(32)29-25(24)21-10-7-11-22(17-21)33-2)18-30-14-12-20(13-15-30)16-19-8-5-4-6-9-19/h4-11,17,20,25H,3,12-16,18H2,1-2H3,(H2,28,29,32). The minimum Gasteiger partial charge on any atom is -0.497 e. The zero-order valence-electron chi connectivity index (χ0n) is 19.9. The molecule has 2 amide bonds. The molecule has 0 radical (unpaired) electrons. The number of benzene rings is 2. The number of likely N-dealkylation sites (tertiary alicyclic amines) is 1. The fourth-order valence-corrected chi connectivity index (χ4v) is 4.78. The molecule has 0 aromatic heterocycles. The van der Waals surface area contributed by atoms with Crippen LogP contribution < -0.4 is 15.4 Å². The second-order valence-electron chi connectivity index (χ2n) is 8.83. The molecule has 0 saturated carbocycles. The van der Waals surface area contributed by atoms with Crippen molar-refractivity contribution in [1.29, 1.82) is 0 Å². The maximum atomic E-state index is 13.0. The molecule has 0 aliphatic carbocycles. The number of esters is 1. The molecule has 7 heteroatoms. The highest BCUT2D eigenvalue weighted by molar-refractivity contribution is 5.95. The van der Waals surface area contributed by atoms with Gasteiger partial charge in [-0.15, -0.1) is 0 Å². The summed E-state index contributed by atoms with van der Waals surface area (Å²) in [6.07, 6.45) is 3.26. The van der Waals surface area contributed by atoms with Crippen molar-refractivity contribution in [1.82, 2.24) is 15.5 Å². The Kier molecular flexibility index (Phi) is 7.85. The molecule has 2 heterocycles. The smallest absolute Gasteiger partial charge is 0.338 e. The van der Waals surface area contributed by atoms with Crippen molar-refractivity contribution in [3.63, 3.8) is 0 Å². The molecule has 2 N–H and O–H groups in total. The Morgan fingerprint density at radius 3 is 2.56 bits per heavy atom. The molecule has 1 unspecified atom stereocenters. The minimum absolute atomic E-state index is 0.263. The van der Waals surface area contributed by atoms with E-state index >= 15 is 0 Å². The van der Waals surface area contributed by atoms with Gasteiger partial charge in [0.15, 0.2) is 0 Å². The topological polar surface area (TPSA) is 79.9 Å². The summed E-state index contributed by atoms with van der Waals surface area (Å²) in [5.41, 5.74) is 3.20. The van der Waals surface area contributed by atoms with E-state index in [4.69, 9.17) is 9.47 Å². The molecule has 2 aromatic rings. The predicted molar refractivity (Wildman–Crippen MR) is 130 cm³/mol. The molecule has 0 bridgehead atoms. The van der Waals surface area contributed by atoms with Crippen LogP contribution >= 0.6 is 0 Å². The number of hydrogen-bond donors (Lipinski definition) is 2. The summed E-state index contributed by atoms with van der Waals surface area (Å²) in [5, 5.41) is 5.78. The van der Waals surface area contributed by atoms with E-state index in [0.29, 0.717) is 29.5 Å². The number of nitrogens with one attached hydrogen (secondary N) is 2. The normalized spacial score (nSPS) is 19.4. The fourth-order valence-electron chi connectivity index (χ4n) is 4.78. The summed E-state index contributed by atoms with van der Waals surface area (Å²) >= 11 is 0. The highest BCUT2D eigenvalue weighted by Crippen LogP contribution is 2.31. The highest BCUT2D eigenvalue weighted by atomic mass is 16.5. The van der Waals surface area contributed by atoms with Gasteiger partial charge in [-0.25, -0.2) is 9.59 Å². The van der Waals surface area contributed by atoms with Crippen molar-refractivity contribution in [2.75, 3.05) is 33.4 Å². The number of amides is 2. The van der Waals surface area contributed by atoms with Crippen LogP contribution in [-0.2, 0) is 16.0 Å². The van der Waals surface area contributed by atoms with E-state index in [9.17, 15) is 9.59 Å². The molecule has 1 atom stereocenters. The van der Waals surface area contributed by atoms with Crippen molar-refractivity contribution >= 4 is 12.0 Å². The first-order valence-corrected chi connectivity index (χ1v) is 11.9. The summed E-state index contributed by atoms with van der Waals surface area (Å²) in [6, 6.07) is 17.1. The first kappa shape index (κ1) is 23.8. The van der Waals surface area contributed by atoms with Crippen LogP contribution in [0.5, 0.6) is 5.75 Å². The number of nitrogens with zero attached hydrogens (tertiary/aromatic N) is 1. The average molecular weight is 464 g/mol. The van der Waals surface area contributed by atoms with Crippen LogP contribution in [0.3, 0.4) is 0 Å². The molecule has 1 fully saturated rings. The molecule has 4 rings (SSSR count). The van der Waals surface area contributed by atoms with Gasteiger partial charge in [-0.1, -0.05) is 42.5 Å². The van der Waals surface area contributed by atoms with E-state index in [-0.39, 0.29) is 12.6 Å². The largest absolute Gasteiger partial charge is 0.497 e. The van der Waals surface area contributed by atoms with Crippen LogP contribution in [0, 0.1) is 5.92 Å². The van der Waals surface area contributed by atoms with E-state index < -0.39 is 12.0 Å². The molecule has 1 saturated heterocycles. The van der Waals surface area contributed by atoms with Crippen LogP contribution in [0.4, 0.5) is 4.79 Å². The lowest BCUT2D eigenvalue weighted by Crippen LogP contribution is -2.49. The quantitative estimate of drug-likeness (QED) is 0.582. The van der Waals surface area contributed by atoms with Crippen molar-refractivity contribution in [2.45, 2.75) is 32.2 Å². The van der Waals surface area contributed by atoms with Gasteiger partial charge in [0.2, 0.25) is 0 Å². The number of hydrogen-bond acceptors (Lipinski definition) is 5. The molecule has 2 aliphatic rings. The number of methoxy groups -OCH3 is 1. The first-order chi connectivity index (χ1) is 16.6. The fraction of sp³-hybridized carbons (Fsp3) is 0.407. The summed E-state index contributed by atoms with van der Waals surface area (Å²) in [6.45, 7) is 4.39. The van der Waals surface area contributed by atoms with Gasteiger partial charge < -0.3 is 20.1 Å². The van der Waals surface area contributed by atoms with E-state index in [2.05, 4.69) is 39.8 Å². The van der Waals surface area contributed by atoms with Crippen LogP contribution in [0.15, 0.2) is 65.9 Å². The van der Waals surface area contributed by atoms with Gasteiger partial charge in [0.05, 0.1) is 25.3 Å². The Bertz CT molecular complexity index is 1030. The van der Waals surface area contributed by atoms with E-state index in [1.54, 1.807) is 14.0 Å². The third kappa shape index (κ3) is 5.78. The van der Waals surface area contributed by atoms with Gasteiger partial charge in [0.25, 0.3) is 0 Å². The van der Waals surface area contributed by atoms with E-state index in [1.807, 2.05) is 30.3 Å². The summed E-state index contributed by atoms with van der Waals surface area (Å²) in [7, 11) is 1.59. The summed E-state index contributed by atoms with van der Waals surface area (Å²) in [5.74, 6) is 0.886. The molecule has 34 heavy (non-hydrogen) atoms. The Labute approximate surface area is 201 Å². The van der Waals surface area contributed by atoms with Gasteiger partial charge in [0.1, 0.15) is 5.75 Å². The van der Waals surface area contributed by atoms with Crippen molar-refractivity contribution < 1.29 is 19.1 Å². The van der Waals surface area contributed by atoms with E-state index in [0.717, 1.165) is 37.9 Å². The molecule has 2 aliphatic heterocycles. The minimum atomic E-state index is -0.603. The zero-order valence-corrected chi connectivity index (χ0v) is 19.9. The van der Waals surface area contributed by atoms with Crippen LogP contribution in [-0.4, -0.2) is 50.3 Å². The highest BCUT2D eigenvalue weighted by Gasteiger charge is 2.35. The first-order valence-electron chi connectivity index (χ1n) is 11.9. The van der Waals surface area contributed by atoms with Gasteiger partial charge >= 0.3 is 12.0 Å². The van der Waals surface area contributed by atoms with Crippen LogP contribution in [0.25, 0.3) is 0 Å². The number of rotatable bonds is 8. The molecule has 2 aromatic carbocycles. The predicted octanol–water partition coefficient (Wildman–Crippen LogP) is 3.82. The third-order valence-corrected chi connectivity index (χ3v) is 6.53. The summed E-state index contributed by atoms with van der Waals surface area (Å²) in [4.78, 5) is 27.9. The van der Waals surface area contributed by atoms with Gasteiger partial charge in [-0.3, -0.25) is 4.90 Å². The Morgan fingerprint density at radius 1 is 1.09 bits per heavy atom. The maximum absolute atomic E-state index is 13.0. The molecular weight excluding hydrogens is 430 g/mol. The van der Waals surface area contributed by atoms with Gasteiger partial charge in [-0.2, -0.15) is 0 Å². The number of piperidine rings is 1. The SMILES string of the molecule is CCOC(=O)C1=C(CN2CCC(Cc3ccccc3)CC2)NC(=O)NC1c1cccc(OC)c1. The van der Waals surface area contributed by atoms with Crippen molar-refractivity contribution in [3.8, 4) is 5.75 Å². The lowest BCUT2D eigenvalue weighted by atomic mass is 9.89. The second kappa shape index (κ2) is 11.2. The van der Waals surface area contributed by atoms with Crippen LogP contribution in [0.1, 0.15) is 36.9 Å². The zero-order chi connectivity index (χ0) is 23.9. The Balaban J connectivity index is 1.52. The summed E-state index contributed by atoms with van der Waals surface area (Å²) < 4.78 is 10.7. The average Bonchev–Trinajstić information content (AvgIpc) is 2.85. The molecule has 180 valence electrons. The second-order valence-corrected chi connectivity index (χ2v) is 8.83. The monoisotopic (exact) mass is 463 g/mol. The van der Waals surface area contributed by atoms with Crippen molar-refractivity contribution in [3.05, 3.63) is 77.0 Å². The number of carbonyl (C=O) groups excluding carboxylic acids is 2. The molecular formula is C27H33N3O4. The number of urea groups is 1. The number of carbonyl (C=O) groups is 2. The van der Waals surface area contributed by atoms with Gasteiger partial charge in [0, 0.05) is 12.2 Å². The van der Waals surface area contributed by atoms with Crippen LogP contribution in [0.2, 0.25) is 0 Å². The van der Waals surface area contributed by atoms with Crippen molar-refractivity contribution in [2.24, 2.45) is 5.92 Å². The third-order valence-electron chi connectivity index (χ3n) is 6.53. The Hall–Kier alpha value is -3.32. The molecule has 7 nitrogen and oxygen atoms in total. The van der Waals surface area contributed by atoms with Gasteiger partial charge in [-0.05, 0) is 68.5 Å².